The largest absolute Gasteiger partial charge is 0.348 e. The first-order valence-corrected chi connectivity index (χ1v) is 9.89. The van der Waals surface area contributed by atoms with Gasteiger partial charge in [-0.15, -0.1) is 0 Å². The van der Waals surface area contributed by atoms with Gasteiger partial charge in [-0.25, -0.2) is 0 Å². The van der Waals surface area contributed by atoms with E-state index in [1.165, 1.54) is 55.6 Å². The number of aryl methyl sites for hydroxylation is 1. The van der Waals surface area contributed by atoms with E-state index in [1.54, 1.807) is 0 Å². The van der Waals surface area contributed by atoms with E-state index in [0.717, 1.165) is 17.8 Å². The fraction of sp³-hybridized carbons (Fsp3) is 0.500. The molecule has 1 aliphatic heterocycles. The van der Waals surface area contributed by atoms with Gasteiger partial charge in [0.25, 0.3) is 5.91 Å². The third-order valence-electron chi connectivity index (χ3n) is 5.79. The third-order valence-corrected chi connectivity index (χ3v) is 5.79. The Morgan fingerprint density at radius 1 is 1.12 bits per heavy atom. The zero-order valence-corrected chi connectivity index (χ0v) is 15.9. The Bertz CT molecular complexity index is 798. The molecule has 1 aromatic heterocycles. The van der Waals surface area contributed by atoms with Gasteiger partial charge in [-0.1, -0.05) is 24.3 Å². The van der Waals surface area contributed by atoms with Crippen LogP contribution in [0.1, 0.15) is 64.6 Å². The fourth-order valence-corrected chi connectivity index (χ4v) is 4.24. The smallest absolute Gasteiger partial charge is 0.253 e. The minimum absolute atomic E-state index is 0.0426. The lowest BCUT2D eigenvalue weighted by molar-refractivity contribution is 0.0950. The number of nitrogens with zero attached hydrogens (tertiary/aromatic N) is 2. The van der Waals surface area contributed by atoms with Gasteiger partial charge in [0, 0.05) is 30.5 Å². The molecule has 4 rings (SSSR count). The summed E-state index contributed by atoms with van der Waals surface area (Å²) in [6, 6.07) is 11.1. The highest BCUT2D eigenvalue weighted by Crippen LogP contribution is 2.38. The molecule has 4 heteroatoms. The van der Waals surface area contributed by atoms with Crippen LogP contribution in [0.15, 0.2) is 30.3 Å². The van der Waals surface area contributed by atoms with E-state index in [0.29, 0.717) is 12.6 Å². The van der Waals surface area contributed by atoms with Gasteiger partial charge in [0.2, 0.25) is 0 Å². The monoisotopic (exact) mass is 351 g/mol. The zero-order valence-electron chi connectivity index (χ0n) is 15.9. The second kappa shape index (κ2) is 7.28. The van der Waals surface area contributed by atoms with Crippen LogP contribution in [0.25, 0.3) is 0 Å². The second-order valence-corrected chi connectivity index (χ2v) is 7.82. The van der Waals surface area contributed by atoms with Gasteiger partial charge in [-0.3, -0.25) is 9.69 Å². The molecule has 0 unspecified atom stereocenters. The molecule has 2 aromatic rings. The Labute approximate surface area is 156 Å². The molecule has 1 amide bonds. The summed E-state index contributed by atoms with van der Waals surface area (Å²) in [5.74, 6) is 0.0426. The Hall–Kier alpha value is -2.07. The van der Waals surface area contributed by atoms with Gasteiger partial charge in [-0.2, -0.15) is 0 Å². The zero-order chi connectivity index (χ0) is 18.1. The number of carbonyl (C=O) groups excluding carboxylic acids is 1. The van der Waals surface area contributed by atoms with Crippen LogP contribution in [-0.4, -0.2) is 28.5 Å². The lowest BCUT2D eigenvalue weighted by Crippen LogP contribution is -2.25. The van der Waals surface area contributed by atoms with Crippen molar-refractivity contribution in [2.45, 2.75) is 58.7 Å². The van der Waals surface area contributed by atoms with E-state index in [-0.39, 0.29) is 5.91 Å². The molecule has 2 heterocycles. The van der Waals surface area contributed by atoms with Gasteiger partial charge in [0.1, 0.15) is 0 Å². The van der Waals surface area contributed by atoms with Crippen molar-refractivity contribution in [2.24, 2.45) is 0 Å². The normalized spacial score (nSPS) is 17.6. The maximum atomic E-state index is 12.8. The molecule has 1 N–H and O–H groups in total. The maximum absolute atomic E-state index is 12.8. The van der Waals surface area contributed by atoms with Gasteiger partial charge in [0.15, 0.2) is 0 Å². The summed E-state index contributed by atoms with van der Waals surface area (Å²) in [5.41, 5.74) is 5.69. The van der Waals surface area contributed by atoms with E-state index in [2.05, 4.69) is 52.9 Å². The van der Waals surface area contributed by atoms with Crippen molar-refractivity contribution in [1.29, 1.82) is 0 Å². The molecule has 1 saturated heterocycles. The number of amides is 1. The number of carbonyl (C=O) groups is 1. The van der Waals surface area contributed by atoms with Gasteiger partial charge < -0.3 is 9.88 Å². The Kier molecular flexibility index (Phi) is 4.86. The summed E-state index contributed by atoms with van der Waals surface area (Å²) in [6.07, 6.45) is 5.08. The van der Waals surface area contributed by atoms with Crippen molar-refractivity contribution in [1.82, 2.24) is 14.8 Å². The summed E-state index contributed by atoms with van der Waals surface area (Å²) in [5, 5.41) is 3.15. The lowest BCUT2D eigenvalue weighted by Gasteiger charge is -2.17. The number of hydrogen-bond donors (Lipinski definition) is 1. The minimum Gasteiger partial charge on any atom is -0.348 e. The van der Waals surface area contributed by atoms with E-state index in [4.69, 9.17) is 0 Å². The van der Waals surface area contributed by atoms with E-state index < -0.39 is 0 Å². The van der Waals surface area contributed by atoms with Gasteiger partial charge in [0.05, 0.1) is 5.56 Å². The van der Waals surface area contributed by atoms with Crippen molar-refractivity contribution in [2.75, 3.05) is 13.1 Å². The summed E-state index contributed by atoms with van der Waals surface area (Å²) >= 11 is 0. The molecule has 4 nitrogen and oxygen atoms in total. The highest BCUT2D eigenvalue weighted by Gasteiger charge is 2.28. The average Bonchev–Trinajstić information content (AvgIpc) is 3.24. The van der Waals surface area contributed by atoms with E-state index in [9.17, 15) is 4.79 Å². The Morgan fingerprint density at radius 2 is 1.81 bits per heavy atom. The summed E-state index contributed by atoms with van der Waals surface area (Å²) in [7, 11) is 0. The SMILES string of the molecule is Cc1cc(C(=O)NCc2ccccc2CN2CCCC2)c(C)n1C1CC1. The van der Waals surface area contributed by atoms with Crippen LogP contribution in [0.4, 0.5) is 0 Å². The molecule has 0 bridgehead atoms. The molecule has 0 spiro atoms. The first-order chi connectivity index (χ1) is 12.6. The number of nitrogens with one attached hydrogen (secondary N) is 1. The molecule has 1 aliphatic carbocycles. The van der Waals surface area contributed by atoms with Crippen molar-refractivity contribution in [3.05, 3.63) is 58.4 Å². The maximum Gasteiger partial charge on any atom is 0.253 e. The molecular formula is C22H29N3O. The van der Waals surface area contributed by atoms with Crippen LogP contribution in [0.5, 0.6) is 0 Å². The first kappa shape index (κ1) is 17.3. The topological polar surface area (TPSA) is 37.3 Å². The summed E-state index contributed by atoms with van der Waals surface area (Å²) in [4.78, 5) is 15.3. The van der Waals surface area contributed by atoms with Crippen LogP contribution < -0.4 is 5.32 Å². The van der Waals surface area contributed by atoms with Crippen LogP contribution in [0.2, 0.25) is 0 Å². The quantitative estimate of drug-likeness (QED) is 0.855. The predicted octanol–water partition coefficient (Wildman–Crippen LogP) is 3.97. The lowest BCUT2D eigenvalue weighted by atomic mass is 10.1. The number of aromatic nitrogens is 1. The molecule has 26 heavy (non-hydrogen) atoms. The first-order valence-electron chi connectivity index (χ1n) is 9.89. The average molecular weight is 351 g/mol. The van der Waals surface area contributed by atoms with Crippen LogP contribution in [0, 0.1) is 13.8 Å². The molecular weight excluding hydrogens is 322 g/mol. The van der Waals surface area contributed by atoms with Crippen LogP contribution in [-0.2, 0) is 13.1 Å². The Balaban J connectivity index is 1.44. The molecule has 138 valence electrons. The van der Waals surface area contributed by atoms with Crippen molar-refractivity contribution in [3.63, 3.8) is 0 Å². The standard InChI is InChI=1S/C22H29N3O/c1-16-13-21(17(2)25(16)20-9-10-20)22(26)23-14-18-7-3-4-8-19(18)15-24-11-5-6-12-24/h3-4,7-8,13,20H,5-6,9-12,14-15H2,1-2H3,(H,23,26). The highest BCUT2D eigenvalue weighted by atomic mass is 16.1. The van der Waals surface area contributed by atoms with Crippen molar-refractivity contribution >= 4 is 5.91 Å². The number of likely N-dealkylation sites (tertiary alicyclic amines) is 1. The van der Waals surface area contributed by atoms with Crippen LogP contribution >= 0.6 is 0 Å². The molecule has 2 fully saturated rings. The summed E-state index contributed by atoms with van der Waals surface area (Å²) < 4.78 is 2.33. The number of rotatable bonds is 6. The van der Waals surface area contributed by atoms with Crippen molar-refractivity contribution < 1.29 is 4.79 Å². The molecule has 2 aliphatic rings. The van der Waals surface area contributed by atoms with E-state index >= 15 is 0 Å². The number of hydrogen-bond acceptors (Lipinski definition) is 2. The van der Waals surface area contributed by atoms with Crippen molar-refractivity contribution in [3.8, 4) is 0 Å². The fourth-order valence-electron chi connectivity index (χ4n) is 4.24. The minimum atomic E-state index is 0.0426. The van der Waals surface area contributed by atoms with Gasteiger partial charge >= 0.3 is 0 Å². The summed E-state index contributed by atoms with van der Waals surface area (Å²) in [6.45, 7) is 8.13. The van der Waals surface area contributed by atoms with E-state index in [1.807, 2.05) is 6.07 Å². The second-order valence-electron chi connectivity index (χ2n) is 7.82. The number of benzene rings is 1. The van der Waals surface area contributed by atoms with Crippen LogP contribution in [0.3, 0.4) is 0 Å². The third kappa shape index (κ3) is 3.56. The predicted molar refractivity (Wildman–Crippen MR) is 104 cm³/mol. The molecule has 1 saturated carbocycles. The Morgan fingerprint density at radius 3 is 2.50 bits per heavy atom. The molecule has 1 aromatic carbocycles. The molecule has 0 atom stereocenters. The highest BCUT2D eigenvalue weighted by molar-refractivity contribution is 5.95. The van der Waals surface area contributed by atoms with Gasteiger partial charge in [-0.05, 0) is 69.8 Å². The molecule has 0 radical (unpaired) electrons.